The van der Waals surface area contributed by atoms with Gasteiger partial charge in [0.05, 0.1) is 20.3 Å². The van der Waals surface area contributed by atoms with Crippen LogP contribution >= 0.6 is 0 Å². The van der Waals surface area contributed by atoms with Crippen LogP contribution in [0.3, 0.4) is 0 Å². The molecule has 1 aromatic heterocycles. The SMILES string of the molecule is COc1ccccc1S(=O)(=O)Cc1ccc(C(=O)NCCCN2CCOCC2)o1. The summed E-state index contributed by atoms with van der Waals surface area (Å²) in [7, 11) is -2.25. The Morgan fingerprint density at radius 1 is 1.17 bits per heavy atom. The summed E-state index contributed by atoms with van der Waals surface area (Å²) >= 11 is 0. The monoisotopic (exact) mass is 422 g/mol. The molecular weight excluding hydrogens is 396 g/mol. The fourth-order valence-corrected chi connectivity index (χ4v) is 4.56. The third-order valence-electron chi connectivity index (χ3n) is 4.66. The summed E-state index contributed by atoms with van der Waals surface area (Å²) in [6.45, 7) is 4.74. The molecule has 0 unspecified atom stereocenters. The average molecular weight is 423 g/mol. The van der Waals surface area contributed by atoms with Gasteiger partial charge in [-0.15, -0.1) is 0 Å². The van der Waals surface area contributed by atoms with Crippen molar-refractivity contribution in [1.29, 1.82) is 0 Å². The Labute approximate surface area is 170 Å². The first kappa shape index (κ1) is 21.4. The van der Waals surface area contributed by atoms with E-state index in [0.29, 0.717) is 6.54 Å². The Morgan fingerprint density at radius 2 is 1.93 bits per heavy atom. The molecule has 0 atom stereocenters. The zero-order valence-corrected chi connectivity index (χ0v) is 17.2. The first-order chi connectivity index (χ1) is 14.0. The van der Waals surface area contributed by atoms with Gasteiger partial charge >= 0.3 is 0 Å². The van der Waals surface area contributed by atoms with Crippen molar-refractivity contribution in [3.8, 4) is 5.75 Å². The van der Waals surface area contributed by atoms with Crippen molar-refractivity contribution in [2.45, 2.75) is 17.1 Å². The van der Waals surface area contributed by atoms with Crippen molar-refractivity contribution < 1.29 is 27.1 Å². The van der Waals surface area contributed by atoms with E-state index in [2.05, 4.69) is 10.2 Å². The smallest absolute Gasteiger partial charge is 0.286 e. The summed E-state index contributed by atoms with van der Waals surface area (Å²) in [5.74, 6) is -0.126. The normalized spacial score (nSPS) is 15.2. The molecule has 29 heavy (non-hydrogen) atoms. The fourth-order valence-electron chi connectivity index (χ4n) is 3.13. The quantitative estimate of drug-likeness (QED) is 0.615. The lowest BCUT2D eigenvalue weighted by molar-refractivity contribution is 0.0374. The Kier molecular flexibility index (Phi) is 7.29. The van der Waals surface area contributed by atoms with Crippen molar-refractivity contribution in [1.82, 2.24) is 10.2 Å². The lowest BCUT2D eigenvalue weighted by atomic mass is 10.3. The molecule has 8 nitrogen and oxygen atoms in total. The highest BCUT2D eigenvalue weighted by Crippen LogP contribution is 2.26. The third kappa shape index (κ3) is 5.81. The lowest BCUT2D eigenvalue weighted by Crippen LogP contribution is -2.38. The maximum absolute atomic E-state index is 12.7. The van der Waals surface area contributed by atoms with E-state index in [9.17, 15) is 13.2 Å². The summed E-state index contributed by atoms with van der Waals surface area (Å²) in [5, 5.41) is 2.80. The van der Waals surface area contributed by atoms with Gasteiger partial charge in [0, 0.05) is 19.6 Å². The Morgan fingerprint density at radius 3 is 2.69 bits per heavy atom. The number of para-hydroxylation sites is 1. The number of nitrogens with one attached hydrogen (secondary N) is 1. The number of furan rings is 1. The predicted octanol–water partition coefficient (Wildman–Crippen LogP) is 1.71. The maximum atomic E-state index is 12.7. The number of hydrogen-bond acceptors (Lipinski definition) is 7. The van der Waals surface area contributed by atoms with Gasteiger partial charge in [-0.3, -0.25) is 9.69 Å². The first-order valence-electron chi connectivity index (χ1n) is 9.52. The first-order valence-corrected chi connectivity index (χ1v) is 11.2. The number of sulfone groups is 1. The van der Waals surface area contributed by atoms with Gasteiger partial charge in [-0.25, -0.2) is 8.42 Å². The van der Waals surface area contributed by atoms with Crippen molar-refractivity contribution >= 4 is 15.7 Å². The van der Waals surface area contributed by atoms with E-state index in [1.807, 2.05) is 0 Å². The minimum atomic E-state index is -3.67. The third-order valence-corrected chi connectivity index (χ3v) is 6.33. The van der Waals surface area contributed by atoms with Crippen molar-refractivity contribution in [2.75, 3.05) is 46.5 Å². The second-order valence-electron chi connectivity index (χ2n) is 6.74. The van der Waals surface area contributed by atoms with Gasteiger partial charge in [-0.2, -0.15) is 0 Å². The number of nitrogens with zero attached hydrogens (tertiary/aromatic N) is 1. The Balaban J connectivity index is 1.52. The van der Waals surface area contributed by atoms with Crippen LogP contribution in [0.15, 0.2) is 45.7 Å². The van der Waals surface area contributed by atoms with Crippen molar-refractivity contribution in [2.24, 2.45) is 0 Å². The zero-order valence-electron chi connectivity index (χ0n) is 16.4. The number of carbonyl (C=O) groups excluding carboxylic acids is 1. The molecule has 0 bridgehead atoms. The Bertz CT molecular complexity index is 919. The van der Waals surface area contributed by atoms with Gasteiger partial charge in [0.1, 0.15) is 22.2 Å². The van der Waals surface area contributed by atoms with E-state index in [1.165, 1.54) is 25.3 Å². The molecule has 1 saturated heterocycles. The van der Waals surface area contributed by atoms with Crippen molar-refractivity contribution in [3.63, 3.8) is 0 Å². The average Bonchev–Trinajstić information content (AvgIpc) is 3.19. The van der Waals surface area contributed by atoms with Crippen LogP contribution in [0.2, 0.25) is 0 Å². The van der Waals surface area contributed by atoms with Gasteiger partial charge in [0.25, 0.3) is 5.91 Å². The number of benzene rings is 1. The Hall–Kier alpha value is -2.36. The zero-order chi connectivity index (χ0) is 20.7. The molecule has 3 rings (SSSR count). The van der Waals surface area contributed by atoms with E-state index in [1.54, 1.807) is 18.2 Å². The number of hydrogen-bond donors (Lipinski definition) is 1. The summed E-state index contributed by atoms with van der Waals surface area (Å²) in [5.41, 5.74) is 0. The number of carbonyl (C=O) groups is 1. The van der Waals surface area contributed by atoms with E-state index in [4.69, 9.17) is 13.9 Å². The van der Waals surface area contributed by atoms with E-state index < -0.39 is 9.84 Å². The highest BCUT2D eigenvalue weighted by Gasteiger charge is 2.22. The molecule has 0 aliphatic carbocycles. The fraction of sp³-hybridized carbons (Fsp3) is 0.450. The van der Waals surface area contributed by atoms with E-state index in [0.717, 1.165) is 39.3 Å². The molecular formula is C20H26N2O6S. The maximum Gasteiger partial charge on any atom is 0.286 e. The number of rotatable bonds is 9. The summed E-state index contributed by atoms with van der Waals surface area (Å²) < 4.78 is 41.2. The standard InChI is InChI=1S/C20H26N2O6S/c1-26-17-5-2-3-6-19(17)29(24,25)15-16-7-8-18(28-16)20(23)21-9-4-10-22-11-13-27-14-12-22/h2-3,5-8H,4,9-15H2,1H3,(H,21,23). The molecule has 0 radical (unpaired) electrons. The second-order valence-corrected chi connectivity index (χ2v) is 8.70. The van der Waals surface area contributed by atoms with Gasteiger partial charge in [0.2, 0.25) is 0 Å². The molecule has 2 aromatic rings. The highest BCUT2D eigenvalue weighted by molar-refractivity contribution is 7.90. The minimum absolute atomic E-state index is 0.0908. The summed E-state index contributed by atoms with van der Waals surface area (Å²) in [6.07, 6.45) is 0.821. The van der Waals surface area contributed by atoms with Gasteiger partial charge in [-0.05, 0) is 37.2 Å². The topological polar surface area (TPSA) is 98.1 Å². The summed E-state index contributed by atoms with van der Waals surface area (Å²) in [6, 6.07) is 9.41. The number of methoxy groups -OCH3 is 1. The molecule has 1 fully saturated rings. The van der Waals surface area contributed by atoms with Crippen LogP contribution in [0.4, 0.5) is 0 Å². The van der Waals surface area contributed by atoms with Crippen LogP contribution in [0.1, 0.15) is 22.7 Å². The largest absolute Gasteiger partial charge is 0.495 e. The lowest BCUT2D eigenvalue weighted by Gasteiger charge is -2.26. The van der Waals surface area contributed by atoms with Crippen molar-refractivity contribution in [3.05, 3.63) is 47.9 Å². The molecule has 0 saturated carbocycles. The van der Waals surface area contributed by atoms with Crippen LogP contribution in [0.5, 0.6) is 5.75 Å². The number of amides is 1. The molecule has 1 aromatic carbocycles. The molecule has 2 heterocycles. The molecule has 1 N–H and O–H groups in total. The van der Waals surface area contributed by atoms with Gasteiger partial charge in [-0.1, -0.05) is 12.1 Å². The number of ether oxygens (including phenoxy) is 2. The predicted molar refractivity (Wildman–Crippen MR) is 107 cm³/mol. The van der Waals surface area contributed by atoms with Gasteiger partial charge in [0.15, 0.2) is 15.6 Å². The van der Waals surface area contributed by atoms with Gasteiger partial charge < -0.3 is 19.2 Å². The van der Waals surface area contributed by atoms with Crippen LogP contribution in [0.25, 0.3) is 0 Å². The second kappa shape index (κ2) is 9.91. The molecule has 1 aliphatic heterocycles. The van der Waals surface area contributed by atoms with Crippen LogP contribution < -0.4 is 10.1 Å². The molecule has 158 valence electrons. The minimum Gasteiger partial charge on any atom is -0.495 e. The van der Waals surface area contributed by atoms with Crippen LogP contribution in [0, 0.1) is 0 Å². The molecule has 9 heteroatoms. The summed E-state index contributed by atoms with van der Waals surface area (Å²) in [4.78, 5) is 14.6. The molecule has 1 aliphatic rings. The highest BCUT2D eigenvalue weighted by atomic mass is 32.2. The number of morpholine rings is 1. The van der Waals surface area contributed by atoms with E-state index in [-0.39, 0.29) is 33.8 Å². The molecule has 1 amide bonds. The van der Waals surface area contributed by atoms with Crippen LogP contribution in [-0.2, 0) is 20.3 Å². The molecule has 0 spiro atoms. The van der Waals surface area contributed by atoms with Crippen LogP contribution in [-0.4, -0.2) is 65.7 Å². The van der Waals surface area contributed by atoms with E-state index >= 15 is 0 Å².